The summed E-state index contributed by atoms with van der Waals surface area (Å²) in [6.07, 6.45) is 3.93. The lowest BCUT2D eigenvalue weighted by molar-refractivity contribution is 0.0373. The Bertz CT molecular complexity index is 187. The van der Waals surface area contributed by atoms with E-state index in [4.69, 9.17) is 4.74 Å². The molecule has 0 bridgehead atoms. The highest BCUT2D eigenvalue weighted by Crippen LogP contribution is 1.98. The van der Waals surface area contributed by atoms with Crippen LogP contribution in [0, 0.1) is 0 Å². The molecule has 19 heavy (non-hydrogen) atoms. The Morgan fingerprint density at radius 2 is 1.47 bits per heavy atom. The van der Waals surface area contributed by atoms with Gasteiger partial charge < -0.3 is 15.0 Å². The summed E-state index contributed by atoms with van der Waals surface area (Å²) in [5, 5.41) is 3.33. The molecule has 2 heterocycles. The first-order valence-electron chi connectivity index (χ1n) is 8.10. The van der Waals surface area contributed by atoms with Gasteiger partial charge >= 0.3 is 0 Å². The molecule has 0 aromatic carbocycles. The van der Waals surface area contributed by atoms with Crippen LogP contribution in [-0.2, 0) is 4.74 Å². The molecule has 0 atom stereocenters. The van der Waals surface area contributed by atoms with Crippen molar-refractivity contribution in [3.63, 3.8) is 0 Å². The summed E-state index contributed by atoms with van der Waals surface area (Å²) in [6.45, 7) is 16.0. The number of nitrogens with zero attached hydrogens (tertiary/aromatic N) is 2. The molecule has 114 valence electrons. The lowest BCUT2D eigenvalue weighted by Crippen LogP contribution is -2.43. The number of ether oxygens (including phenoxy) is 1. The fourth-order valence-electron chi connectivity index (χ4n) is 2.46. The minimum atomic E-state index is 0.934. The van der Waals surface area contributed by atoms with Gasteiger partial charge in [0.15, 0.2) is 0 Å². The molecular formula is C15H33N3O. The van der Waals surface area contributed by atoms with Crippen molar-refractivity contribution in [2.45, 2.75) is 33.1 Å². The van der Waals surface area contributed by atoms with E-state index in [0.29, 0.717) is 0 Å². The van der Waals surface area contributed by atoms with Crippen LogP contribution >= 0.6 is 0 Å². The summed E-state index contributed by atoms with van der Waals surface area (Å²) >= 11 is 0. The van der Waals surface area contributed by atoms with Gasteiger partial charge in [-0.25, -0.2) is 0 Å². The Balaban J connectivity index is 0.000000191. The van der Waals surface area contributed by atoms with Gasteiger partial charge in [0, 0.05) is 39.3 Å². The number of nitrogens with one attached hydrogen (secondary N) is 1. The van der Waals surface area contributed by atoms with E-state index in [0.717, 1.165) is 26.3 Å². The molecule has 2 fully saturated rings. The molecule has 2 aliphatic heterocycles. The average molecular weight is 271 g/mol. The van der Waals surface area contributed by atoms with Gasteiger partial charge in [-0.1, -0.05) is 20.3 Å². The molecule has 0 aromatic rings. The minimum Gasteiger partial charge on any atom is -0.379 e. The van der Waals surface area contributed by atoms with E-state index in [1.807, 2.05) is 0 Å². The lowest BCUT2D eigenvalue weighted by Gasteiger charge is -2.26. The van der Waals surface area contributed by atoms with Crippen LogP contribution in [0.5, 0.6) is 0 Å². The molecule has 0 aromatic heterocycles. The first-order valence-corrected chi connectivity index (χ1v) is 8.10. The highest BCUT2D eigenvalue weighted by Gasteiger charge is 2.08. The Labute approximate surface area is 119 Å². The van der Waals surface area contributed by atoms with E-state index in [1.165, 1.54) is 58.5 Å². The van der Waals surface area contributed by atoms with Crippen molar-refractivity contribution in [2.75, 3.05) is 65.6 Å². The monoisotopic (exact) mass is 271 g/mol. The standard InChI is InChI=1S/C8H17NO.C7H16N2/c1-2-3-4-9-5-7-10-8-6-9;1-2-5-9-6-3-8-4-7-9/h2-8H2,1H3;8H,2-7H2,1H3. The van der Waals surface area contributed by atoms with Gasteiger partial charge in [0.2, 0.25) is 0 Å². The maximum atomic E-state index is 5.24. The van der Waals surface area contributed by atoms with Gasteiger partial charge in [0.1, 0.15) is 0 Å². The normalized spacial score (nSPS) is 21.8. The molecule has 2 saturated heterocycles. The number of morpholine rings is 1. The summed E-state index contributed by atoms with van der Waals surface area (Å²) in [5.41, 5.74) is 0. The molecule has 0 amide bonds. The van der Waals surface area contributed by atoms with Gasteiger partial charge in [-0.15, -0.1) is 0 Å². The van der Waals surface area contributed by atoms with Crippen LogP contribution in [0.4, 0.5) is 0 Å². The van der Waals surface area contributed by atoms with E-state index in [-0.39, 0.29) is 0 Å². The topological polar surface area (TPSA) is 27.7 Å². The van der Waals surface area contributed by atoms with Crippen molar-refractivity contribution in [3.8, 4) is 0 Å². The minimum absolute atomic E-state index is 0.934. The number of unbranched alkanes of at least 4 members (excludes halogenated alkanes) is 1. The fourth-order valence-corrected chi connectivity index (χ4v) is 2.46. The van der Waals surface area contributed by atoms with E-state index in [2.05, 4.69) is 29.0 Å². The third-order valence-electron chi connectivity index (χ3n) is 3.68. The van der Waals surface area contributed by atoms with Gasteiger partial charge in [-0.05, 0) is 25.9 Å². The zero-order valence-electron chi connectivity index (χ0n) is 13.0. The van der Waals surface area contributed by atoms with Gasteiger partial charge in [-0.3, -0.25) is 4.90 Å². The molecule has 4 heteroatoms. The molecule has 0 radical (unpaired) electrons. The van der Waals surface area contributed by atoms with E-state index in [1.54, 1.807) is 0 Å². The lowest BCUT2D eigenvalue weighted by atomic mass is 10.3. The maximum absolute atomic E-state index is 5.24. The van der Waals surface area contributed by atoms with Crippen molar-refractivity contribution in [3.05, 3.63) is 0 Å². The van der Waals surface area contributed by atoms with E-state index in [9.17, 15) is 0 Å². The Kier molecular flexibility index (Phi) is 10.4. The average Bonchev–Trinajstić information content (AvgIpc) is 2.48. The number of piperazine rings is 1. The Hall–Kier alpha value is -0.160. The van der Waals surface area contributed by atoms with Gasteiger partial charge in [0.25, 0.3) is 0 Å². The first-order chi connectivity index (χ1) is 9.36. The van der Waals surface area contributed by atoms with Crippen LogP contribution in [-0.4, -0.2) is 75.4 Å². The first kappa shape index (κ1) is 16.9. The summed E-state index contributed by atoms with van der Waals surface area (Å²) in [4.78, 5) is 4.99. The zero-order chi connectivity index (χ0) is 13.8. The molecular weight excluding hydrogens is 238 g/mol. The van der Waals surface area contributed by atoms with Crippen LogP contribution in [0.3, 0.4) is 0 Å². The molecule has 0 spiro atoms. The van der Waals surface area contributed by atoms with Gasteiger partial charge in [0.05, 0.1) is 13.2 Å². The molecule has 0 saturated carbocycles. The maximum Gasteiger partial charge on any atom is 0.0594 e. The van der Waals surface area contributed by atoms with Crippen LogP contribution in [0.1, 0.15) is 33.1 Å². The Morgan fingerprint density at radius 3 is 2.05 bits per heavy atom. The van der Waals surface area contributed by atoms with Crippen LogP contribution in [0.15, 0.2) is 0 Å². The van der Waals surface area contributed by atoms with E-state index < -0.39 is 0 Å². The molecule has 4 nitrogen and oxygen atoms in total. The predicted octanol–water partition coefficient (Wildman–Crippen LogP) is 1.42. The SMILES string of the molecule is CCCCN1CCOCC1.CCCN1CCNCC1. The van der Waals surface area contributed by atoms with Crippen molar-refractivity contribution < 1.29 is 4.74 Å². The molecule has 2 rings (SSSR count). The van der Waals surface area contributed by atoms with E-state index >= 15 is 0 Å². The predicted molar refractivity (Wildman–Crippen MR) is 81.8 cm³/mol. The fraction of sp³-hybridized carbons (Fsp3) is 1.00. The van der Waals surface area contributed by atoms with Crippen LogP contribution in [0.2, 0.25) is 0 Å². The smallest absolute Gasteiger partial charge is 0.0594 e. The highest BCUT2D eigenvalue weighted by molar-refractivity contribution is 4.66. The number of hydrogen-bond donors (Lipinski definition) is 1. The molecule has 0 unspecified atom stereocenters. The second kappa shape index (κ2) is 11.6. The number of rotatable bonds is 5. The van der Waals surface area contributed by atoms with Gasteiger partial charge in [-0.2, -0.15) is 0 Å². The molecule has 0 aliphatic carbocycles. The van der Waals surface area contributed by atoms with Crippen molar-refractivity contribution >= 4 is 0 Å². The number of hydrogen-bond acceptors (Lipinski definition) is 4. The largest absolute Gasteiger partial charge is 0.379 e. The van der Waals surface area contributed by atoms with Crippen molar-refractivity contribution in [2.24, 2.45) is 0 Å². The van der Waals surface area contributed by atoms with Crippen LogP contribution in [0.25, 0.3) is 0 Å². The van der Waals surface area contributed by atoms with Crippen LogP contribution < -0.4 is 5.32 Å². The zero-order valence-corrected chi connectivity index (χ0v) is 13.0. The highest BCUT2D eigenvalue weighted by atomic mass is 16.5. The molecule has 1 N–H and O–H groups in total. The Morgan fingerprint density at radius 1 is 0.842 bits per heavy atom. The van der Waals surface area contributed by atoms with Crippen molar-refractivity contribution in [1.82, 2.24) is 15.1 Å². The quantitative estimate of drug-likeness (QED) is 0.818. The summed E-state index contributed by atoms with van der Waals surface area (Å²) in [6, 6.07) is 0. The summed E-state index contributed by atoms with van der Waals surface area (Å²) in [7, 11) is 0. The second-order valence-electron chi connectivity index (χ2n) is 5.40. The molecule has 2 aliphatic rings. The summed E-state index contributed by atoms with van der Waals surface area (Å²) < 4.78 is 5.24. The van der Waals surface area contributed by atoms with Crippen molar-refractivity contribution in [1.29, 1.82) is 0 Å². The third-order valence-corrected chi connectivity index (χ3v) is 3.68. The second-order valence-corrected chi connectivity index (χ2v) is 5.40. The summed E-state index contributed by atoms with van der Waals surface area (Å²) in [5.74, 6) is 0. The third kappa shape index (κ3) is 8.58.